The second-order valence-corrected chi connectivity index (χ2v) is 7.74. The number of rotatable bonds is 5. The van der Waals surface area contributed by atoms with Crippen LogP contribution >= 0.6 is 0 Å². The van der Waals surface area contributed by atoms with Crippen molar-refractivity contribution in [1.82, 2.24) is 15.1 Å². The minimum atomic E-state index is -0.785. The van der Waals surface area contributed by atoms with Crippen LogP contribution in [0.15, 0.2) is 54.6 Å². The molecule has 2 aromatic carbocycles. The van der Waals surface area contributed by atoms with Crippen molar-refractivity contribution in [2.75, 3.05) is 31.5 Å². The first-order chi connectivity index (χ1) is 14.6. The molecule has 2 aromatic rings. The van der Waals surface area contributed by atoms with E-state index in [1.165, 1.54) is 11.1 Å². The number of hydrogen-bond donors (Lipinski definition) is 2. The van der Waals surface area contributed by atoms with Gasteiger partial charge in [-0.25, -0.2) is 0 Å². The smallest absolute Gasteiger partial charge is 0.243 e. The van der Waals surface area contributed by atoms with Crippen molar-refractivity contribution in [2.45, 2.75) is 25.4 Å². The molecule has 2 aliphatic heterocycles. The Morgan fingerprint density at radius 1 is 1.00 bits per heavy atom. The highest BCUT2D eigenvalue weighted by Crippen LogP contribution is 2.19. The second-order valence-electron chi connectivity index (χ2n) is 7.74. The molecule has 1 unspecified atom stereocenters. The second kappa shape index (κ2) is 9.09. The van der Waals surface area contributed by atoms with E-state index in [1.54, 1.807) is 17.0 Å². The van der Waals surface area contributed by atoms with Crippen LogP contribution in [0.25, 0.3) is 0 Å². The van der Waals surface area contributed by atoms with Crippen molar-refractivity contribution in [3.63, 3.8) is 0 Å². The molecule has 156 valence electrons. The molecule has 1 fully saturated rings. The fraction of sp³-hybridized carbons (Fsp3) is 0.348. The minimum absolute atomic E-state index is 0.0602. The minimum Gasteiger partial charge on any atom is -0.353 e. The molecule has 30 heavy (non-hydrogen) atoms. The zero-order valence-corrected chi connectivity index (χ0v) is 16.8. The Kier molecular flexibility index (Phi) is 6.09. The van der Waals surface area contributed by atoms with Gasteiger partial charge in [0.05, 0.1) is 13.0 Å². The number of nitrogens with one attached hydrogen (secondary N) is 2. The molecule has 7 nitrogen and oxygen atoms in total. The summed E-state index contributed by atoms with van der Waals surface area (Å²) in [7, 11) is 0. The molecule has 0 bridgehead atoms. The molecule has 0 spiro atoms. The molecular weight excluding hydrogens is 380 g/mol. The molecule has 4 rings (SSSR count). The summed E-state index contributed by atoms with van der Waals surface area (Å²) in [5, 5.41) is 5.57. The SMILES string of the molecule is O=C(CC1C(=O)NCCN1C(=O)CN1CCc2ccccc2C1)Nc1ccccc1. The average Bonchev–Trinajstić information content (AvgIpc) is 2.75. The first kappa shape index (κ1) is 20.1. The van der Waals surface area contributed by atoms with E-state index in [4.69, 9.17) is 0 Å². The van der Waals surface area contributed by atoms with Crippen LogP contribution in [-0.2, 0) is 27.3 Å². The zero-order valence-electron chi connectivity index (χ0n) is 16.8. The van der Waals surface area contributed by atoms with Crippen molar-refractivity contribution in [3.8, 4) is 0 Å². The maximum absolute atomic E-state index is 13.0. The van der Waals surface area contributed by atoms with Crippen molar-refractivity contribution in [2.24, 2.45) is 0 Å². The lowest BCUT2D eigenvalue weighted by molar-refractivity contribution is -0.145. The Morgan fingerprint density at radius 3 is 2.53 bits per heavy atom. The van der Waals surface area contributed by atoms with Gasteiger partial charge in [0, 0.05) is 31.9 Å². The predicted octanol–water partition coefficient (Wildman–Crippen LogP) is 1.40. The summed E-state index contributed by atoms with van der Waals surface area (Å²) >= 11 is 0. The van der Waals surface area contributed by atoms with Gasteiger partial charge in [-0.3, -0.25) is 19.3 Å². The predicted molar refractivity (Wildman–Crippen MR) is 114 cm³/mol. The largest absolute Gasteiger partial charge is 0.353 e. The summed E-state index contributed by atoms with van der Waals surface area (Å²) in [6.07, 6.45) is 0.849. The molecule has 0 aromatic heterocycles. The third-order valence-corrected chi connectivity index (χ3v) is 5.66. The number of para-hydroxylation sites is 1. The highest BCUT2D eigenvalue weighted by molar-refractivity contribution is 5.97. The maximum atomic E-state index is 13.0. The van der Waals surface area contributed by atoms with Gasteiger partial charge >= 0.3 is 0 Å². The summed E-state index contributed by atoms with van der Waals surface area (Å²) in [6, 6.07) is 16.6. The lowest BCUT2D eigenvalue weighted by Crippen LogP contribution is -2.59. The van der Waals surface area contributed by atoms with E-state index < -0.39 is 6.04 Å². The summed E-state index contributed by atoms with van der Waals surface area (Å²) in [6.45, 7) is 2.60. The highest BCUT2D eigenvalue weighted by Gasteiger charge is 2.35. The number of amides is 3. The lowest BCUT2D eigenvalue weighted by atomic mass is 10.00. The number of piperazine rings is 1. The van der Waals surface area contributed by atoms with E-state index in [0.717, 1.165) is 19.5 Å². The van der Waals surface area contributed by atoms with Crippen LogP contribution < -0.4 is 10.6 Å². The van der Waals surface area contributed by atoms with Crippen LogP contribution in [0.5, 0.6) is 0 Å². The van der Waals surface area contributed by atoms with Crippen molar-refractivity contribution < 1.29 is 14.4 Å². The van der Waals surface area contributed by atoms with Gasteiger partial charge in [-0.05, 0) is 29.7 Å². The fourth-order valence-electron chi connectivity index (χ4n) is 4.10. The summed E-state index contributed by atoms with van der Waals surface area (Å²) < 4.78 is 0. The van der Waals surface area contributed by atoms with Gasteiger partial charge in [0.2, 0.25) is 17.7 Å². The van der Waals surface area contributed by atoms with Crippen LogP contribution in [0.3, 0.4) is 0 Å². The number of nitrogens with zero attached hydrogens (tertiary/aromatic N) is 2. The quantitative estimate of drug-likeness (QED) is 0.787. The van der Waals surface area contributed by atoms with Gasteiger partial charge in [0.15, 0.2) is 0 Å². The Bertz CT molecular complexity index is 931. The van der Waals surface area contributed by atoms with Gasteiger partial charge < -0.3 is 15.5 Å². The average molecular weight is 406 g/mol. The number of fused-ring (bicyclic) bond motifs is 1. The molecular formula is C23H26N4O3. The Morgan fingerprint density at radius 2 is 1.73 bits per heavy atom. The molecule has 0 radical (unpaired) electrons. The van der Waals surface area contributed by atoms with E-state index in [9.17, 15) is 14.4 Å². The third-order valence-electron chi connectivity index (χ3n) is 5.66. The van der Waals surface area contributed by atoms with Gasteiger partial charge in [-0.15, -0.1) is 0 Å². The topological polar surface area (TPSA) is 81.8 Å². The number of benzene rings is 2. The normalized spacial score (nSPS) is 19.0. The van der Waals surface area contributed by atoms with Crippen LogP contribution in [-0.4, -0.2) is 59.7 Å². The maximum Gasteiger partial charge on any atom is 0.243 e. The molecule has 2 aliphatic rings. The molecule has 2 heterocycles. The van der Waals surface area contributed by atoms with Crippen molar-refractivity contribution in [1.29, 1.82) is 0 Å². The first-order valence-corrected chi connectivity index (χ1v) is 10.3. The lowest BCUT2D eigenvalue weighted by Gasteiger charge is -2.37. The first-order valence-electron chi connectivity index (χ1n) is 10.3. The van der Waals surface area contributed by atoms with Crippen LogP contribution in [0, 0.1) is 0 Å². The highest BCUT2D eigenvalue weighted by atomic mass is 16.2. The summed E-state index contributed by atoms with van der Waals surface area (Å²) in [5.41, 5.74) is 3.24. The molecule has 1 saturated heterocycles. The van der Waals surface area contributed by atoms with Crippen molar-refractivity contribution >= 4 is 23.4 Å². The van der Waals surface area contributed by atoms with Crippen LogP contribution in [0.2, 0.25) is 0 Å². The summed E-state index contributed by atoms with van der Waals surface area (Å²) in [4.78, 5) is 41.7. The van der Waals surface area contributed by atoms with E-state index in [0.29, 0.717) is 18.8 Å². The molecule has 2 N–H and O–H groups in total. The third kappa shape index (κ3) is 4.68. The Balaban J connectivity index is 1.39. The Labute approximate surface area is 176 Å². The molecule has 7 heteroatoms. The Hall–Kier alpha value is -3.19. The van der Waals surface area contributed by atoms with E-state index in [-0.39, 0.29) is 30.7 Å². The monoisotopic (exact) mass is 406 g/mol. The van der Waals surface area contributed by atoms with E-state index in [2.05, 4.69) is 27.7 Å². The molecule has 0 aliphatic carbocycles. The number of anilines is 1. The number of carbonyl (C=O) groups is 3. The fourth-order valence-corrected chi connectivity index (χ4v) is 4.10. The number of hydrogen-bond acceptors (Lipinski definition) is 4. The van der Waals surface area contributed by atoms with Crippen LogP contribution in [0.1, 0.15) is 17.5 Å². The zero-order chi connectivity index (χ0) is 20.9. The van der Waals surface area contributed by atoms with Gasteiger partial charge in [0.25, 0.3) is 0 Å². The van der Waals surface area contributed by atoms with Gasteiger partial charge in [-0.1, -0.05) is 42.5 Å². The van der Waals surface area contributed by atoms with Gasteiger partial charge in [-0.2, -0.15) is 0 Å². The molecule has 3 amide bonds. The number of carbonyl (C=O) groups excluding carboxylic acids is 3. The van der Waals surface area contributed by atoms with Crippen LogP contribution in [0.4, 0.5) is 5.69 Å². The standard InChI is InChI=1S/C23H26N4O3/c28-21(25-19-8-2-1-3-9-19)14-20-23(30)24-11-13-27(20)22(29)16-26-12-10-17-6-4-5-7-18(17)15-26/h1-9,20H,10-16H2,(H,24,30)(H,25,28). The van der Waals surface area contributed by atoms with Gasteiger partial charge in [0.1, 0.15) is 6.04 Å². The summed E-state index contributed by atoms with van der Waals surface area (Å²) in [5.74, 6) is -0.670. The van der Waals surface area contributed by atoms with E-state index >= 15 is 0 Å². The molecule has 0 saturated carbocycles. The van der Waals surface area contributed by atoms with Crippen molar-refractivity contribution in [3.05, 3.63) is 65.7 Å². The van der Waals surface area contributed by atoms with E-state index in [1.807, 2.05) is 30.3 Å². The molecule has 1 atom stereocenters.